The lowest BCUT2D eigenvalue weighted by Gasteiger charge is -2.23. The van der Waals surface area contributed by atoms with E-state index in [0.29, 0.717) is 18.8 Å². The molecule has 0 saturated carbocycles. The van der Waals surface area contributed by atoms with Crippen molar-refractivity contribution in [1.82, 2.24) is 4.31 Å². The summed E-state index contributed by atoms with van der Waals surface area (Å²) in [7, 11) is -3.46. The maximum Gasteiger partial charge on any atom is 0.245 e. The monoisotopic (exact) mass is 282 g/mol. The summed E-state index contributed by atoms with van der Waals surface area (Å²) in [4.78, 5) is 0.231. The molecule has 1 aromatic carbocycles. The van der Waals surface area contributed by atoms with E-state index in [1.165, 1.54) is 0 Å². The predicted molar refractivity (Wildman–Crippen MR) is 77.2 cm³/mol. The van der Waals surface area contributed by atoms with Crippen molar-refractivity contribution in [3.63, 3.8) is 0 Å². The third-order valence-corrected chi connectivity index (χ3v) is 5.81. The fourth-order valence-electron chi connectivity index (χ4n) is 2.49. The molecule has 1 saturated heterocycles. The number of sulfonamides is 1. The first-order valence-corrected chi connectivity index (χ1v) is 8.12. The highest BCUT2D eigenvalue weighted by molar-refractivity contribution is 7.89. The van der Waals surface area contributed by atoms with E-state index in [1.807, 2.05) is 0 Å². The largest absolute Gasteiger partial charge is 0.398 e. The van der Waals surface area contributed by atoms with E-state index in [0.717, 1.165) is 19.3 Å². The molecule has 106 valence electrons. The van der Waals surface area contributed by atoms with Gasteiger partial charge in [0, 0.05) is 13.1 Å². The van der Waals surface area contributed by atoms with Crippen LogP contribution in [0.4, 0.5) is 5.69 Å². The minimum atomic E-state index is -3.46. The fourth-order valence-corrected chi connectivity index (χ4v) is 4.09. The molecule has 19 heavy (non-hydrogen) atoms. The van der Waals surface area contributed by atoms with E-state index in [-0.39, 0.29) is 10.3 Å². The summed E-state index contributed by atoms with van der Waals surface area (Å²) in [6, 6.07) is 6.68. The van der Waals surface area contributed by atoms with Gasteiger partial charge >= 0.3 is 0 Å². The van der Waals surface area contributed by atoms with Crippen LogP contribution in [-0.4, -0.2) is 25.8 Å². The lowest BCUT2D eigenvalue weighted by molar-refractivity contribution is 0.315. The van der Waals surface area contributed by atoms with Crippen LogP contribution in [0.2, 0.25) is 0 Å². The van der Waals surface area contributed by atoms with E-state index in [9.17, 15) is 8.42 Å². The van der Waals surface area contributed by atoms with Crippen LogP contribution >= 0.6 is 0 Å². The minimum Gasteiger partial charge on any atom is -0.398 e. The van der Waals surface area contributed by atoms with Gasteiger partial charge in [-0.25, -0.2) is 8.42 Å². The number of hydrogen-bond acceptors (Lipinski definition) is 3. The average molecular weight is 282 g/mol. The summed E-state index contributed by atoms with van der Waals surface area (Å²) in [5.74, 6) is 0. The highest BCUT2D eigenvalue weighted by Gasteiger charge is 2.31. The van der Waals surface area contributed by atoms with Crippen LogP contribution in [0, 0.1) is 5.41 Å². The van der Waals surface area contributed by atoms with Crippen LogP contribution in [0.1, 0.15) is 33.1 Å². The van der Waals surface area contributed by atoms with Gasteiger partial charge in [0.25, 0.3) is 0 Å². The molecule has 0 amide bonds. The first-order valence-electron chi connectivity index (χ1n) is 6.68. The van der Waals surface area contributed by atoms with Crippen molar-refractivity contribution < 1.29 is 8.42 Å². The van der Waals surface area contributed by atoms with Crippen LogP contribution < -0.4 is 5.73 Å². The quantitative estimate of drug-likeness (QED) is 0.848. The zero-order valence-electron chi connectivity index (χ0n) is 11.6. The molecule has 1 aromatic rings. The van der Waals surface area contributed by atoms with Gasteiger partial charge in [0.2, 0.25) is 10.0 Å². The van der Waals surface area contributed by atoms with Crippen molar-refractivity contribution in [2.24, 2.45) is 5.41 Å². The Balaban J connectivity index is 2.28. The van der Waals surface area contributed by atoms with E-state index >= 15 is 0 Å². The SMILES string of the molecule is CC1(C)CCCN(S(=O)(=O)c2ccccc2N)CC1. The molecule has 1 fully saturated rings. The summed E-state index contributed by atoms with van der Waals surface area (Å²) in [5, 5.41) is 0. The Hall–Kier alpha value is -1.07. The van der Waals surface area contributed by atoms with Crippen molar-refractivity contribution in [1.29, 1.82) is 0 Å². The summed E-state index contributed by atoms with van der Waals surface area (Å²) in [5.41, 5.74) is 6.34. The zero-order chi connectivity index (χ0) is 14.1. The van der Waals surface area contributed by atoms with E-state index in [2.05, 4.69) is 13.8 Å². The fraction of sp³-hybridized carbons (Fsp3) is 0.571. The van der Waals surface area contributed by atoms with Gasteiger partial charge in [0.05, 0.1) is 5.69 Å². The van der Waals surface area contributed by atoms with Gasteiger partial charge in [-0.1, -0.05) is 26.0 Å². The molecule has 2 rings (SSSR count). The smallest absolute Gasteiger partial charge is 0.245 e. The predicted octanol–water partition coefficient (Wildman–Crippen LogP) is 2.47. The molecule has 4 nitrogen and oxygen atoms in total. The van der Waals surface area contributed by atoms with Gasteiger partial charge in [-0.05, 0) is 36.8 Å². The first kappa shape index (κ1) is 14.3. The van der Waals surface area contributed by atoms with E-state index in [1.54, 1.807) is 28.6 Å². The number of anilines is 1. The number of hydrogen-bond donors (Lipinski definition) is 1. The van der Waals surface area contributed by atoms with Crippen LogP contribution in [0.3, 0.4) is 0 Å². The van der Waals surface area contributed by atoms with Crippen molar-refractivity contribution in [2.45, 2.75) is 38.0 Å². The second kappa shape index (κ2) is 5.13. The van der Waals surface area contributed by atoms with Crippen molar-refractivity contribution in [3.05, 3.63) is 24.3 Å². The highest BCUT2D eigenvalue weighted by atomic mass is 32.2. The van der Waals surface area contributed by atoms with Gasteiger partial charge in [-0.2, -0.15) is 4.31 Å². The Labute approximate surface area is 115 Å². The van der Waals surface area contributed by atoms with E-state index < -0.39 is 10.0 Å². The summed E-state index contributed by atoms with van der Waals surface area (Å²) >= 11 is 0. The highest BCUT2D eigenvalue weighted by Crippen LogP contribution is 2.32. The molecule has 1 aliphatic rings. The van der Waals surface area contributed by atoms with Gasteiger partial charge in [0.15, 0.2) is 0 Å². The Morgan fingerprint density at radius 3 is 2.53 bits per heavy atom. The second-order valence-electron chi connectivity index (χ2n) is 5.96. The topological polar surface area (TPSA) is 63.4 Å². The molecular weight excluding hydrogens is 260 g/mol. The maximum absolute atomic E-state index is 12.6. The van der Waals surface area contributed by atoms with Gasteiger partial charge in [-0.15, -0.1) is 0 Å². The lowest BCUT2D eigenvalue weighted by Crippen LogP contribution is -2.32. The molecule has 2 N–H and O–H groups in total. The third kappa shape index (κ3) is 3.09. The van der Waals surface area contributed by atoms with Crippen LogP contribution in [0.5, 0.6) is 0 Å². The molecule has 0 unspecified atom stereocenters. The Kier molecular flexibility index (Phi) is 3.87. The van der Waals surface area contributed by atoms with E-state index in [4.69, 9.17) is 5.73 Å². The molecule has 0 bridgehead atoms. The Morgan fingerprint density at radius 2 is 1.84 bits per heavy atom. The second-order valence-corrected chi connectivity index (χ2v) is 7.87. The average Bonchev–Trinajstić information content (AvgIpc) is 2.51. The molecule has 0 spiro atoms. The van der Waals surface area contributed by atoms with Gasteiger partial charge < -0.3 is 5.73 Å². The number of nitrogens with zero attached hydrogens (tertiary/aromatic N) is 1. The zero-order valence-corrected chi connectivity index (χ0v) is 12.4. The molecule has 1 heterocycles. The van der Waals surface area contributed by atoms with Crippen LogP contribution in [-0.2, 0) is 10.0 Å². The minimum absolute atomic E-state index is 0.215. The number of rotatable bonds is 2. The molecule has 0 aromatic heterocycles. The number of para-hydroxylation sites is 1. The van der Waals surface area contributed by atoms with Crippen LogP contribution in [0.25, 0.3) is 0 Å². The molecule has 0 aliphatic carbocycles. The Morgan fingerprint density at radius 1 is 1.16 bits per heavy atom. The number of nitrogens with two attached hydrogens (primary N) is 1. The molecule has 0 atom stereocenters. The van der Waals surface area contributed by atoms with Crippen molar-refractivity contribution in [2.75, 3.05) is 18.8 Å². The van der Waals surface area contributed by atoms with Gasteiger partial charge in [0.1, 0.15) is 4.90 Å². The molecule has 0 radical (unpaired) electrons. The van der Waals surface area contributed by atoms with Crippen LogP contribution in [0.15, 0.2) is 29.2 Å². The third-order valence-electron chi connectivity index (χ3n) is 3.84. The summed E-state index contributed by atoms with van der Waals surface area (Å²) in [6.45, 7) is 5.55. The van der Waals surface area contributed by atoms with Crippen molar-refractivity contribution in [3.8, 4) is 0 Å². The van der Waals surface area contributed by atoms with Crippen molar-refractivity contribution >= 4 is 15.7 Å². The molecular formula is C14H22N2O2S. The number of nitrogen functional groups attached to an aromatic ring is 1. The summed E-state index contributed by atoms with van der Waals surface area (Å²) in [6.07, 6.45) is 2.85. The lowest BCUT2D eigenvalue weighted by atomic mass is 9.85. The first-order chi connectivity index (χ1) is 8.83. The maximum atomic E-state index is 12.6. The molecule has 5 heteroatoms. The Bertz CT molecular complexity index is 552. The summed E-state index contributed by atoms with van der Waals surface area (Å²) < 4.78 is 26.8. The number of benzene rings is 1. The molecule has 1 aliphatic heterocycles. The normalized spacial score (nSPS) is 20.9. The van der Waals surface area contributed by atoms with Gasteiger partial charge in [-0.3, -0.25) is 0 Å². The standard InChI is InChI=1S/C14H22N2O2S/c1-14(2)8-5-10-16(11-9-14)19(17,18)13-7-4-3-6-12(13)15/h3-4,6-7H,5,8-11,15H2,1-2H3.